The van der Waals surface area contributed by atoms with Crippen LogP contribution in [0, 0.1) is 20.8 Å². The van der Waals surface area contributed by atoms with Gasteiger partial charge in [0.05, 0.1) is 5.71 Å². The van der Waals surface area contributed by atoms with Crippen molar-refractivity contribution < 1.29 is 14.3 Å². The lowest BCUT2D eigenvalue weighted by Gasteiger charge is -2.23. The monoisotopic (exact) mass is 527 g/mol. The van der Waals surface area contributed by atoms with Crippen LogP contribution in [0.3, 0.4) is 0 Å². The molecule has 0 saturated carbocycles. The number of aryl methyl sites for hydroxylation is 3. The number of hydrogen-bond acceptors (Lipinski definition) is 7. The summed E-state index contributed by atoms with van der Waals surface area (Å²) in [5.74, 6) is 0.626. The fraction of sp³-hybridized carbons (Fsp3) is 0.276. The van der Waals surface area contributed by atoms with Gasteiger partial charge in [-0.1, -0.05) is 42.5 Å². The molecule has 1 aliphatic heterocycles. The zero-order valence-corrected chi connectivity index (χ0v) is 22.8. The minimum Gasteiger partial charge on any atom is -0.430 e. The number of anilines is 1. The number of aliphatic imine (C=N–C) groups is 1. The van der Waals surface area contributed by atoms with Gasteiger partial charge in [0.25, 0.3) is 5.72 Å². The maximum Gasteiger partial charge on any atom is 0.305 e. The second-order valence-electron chi connectivity index (χ2n) is 9.52. The van der Waals surface area contributed by atoms with E-state index in [0.717, 1.165) is 32.1 Å². The molecule has 0 bridgehead atoms. The first-order chi connectivity index (χ1) is 18.2. The van der Waals surface area contributed by atoms with Gasteiger partial charge in [0.15, 0.2) is 0 Å². The largest absolute Gasteiger partial charge is 0.430 e. The number of rotatable bonds is 6. The maximum atomic E-state index is 12.5. The molecule has 1 aliphatic rings. The van der Waals surface area contributed by atoms with Gasteiger partial charge >= 0.3 is 5.97 Å². The number of amides is 1. The minimum absolute atomic E-state index is 0.0455. The van der Waals surface area contributed by atoms with E-state index in [1.807, 2.05) is 66.1 Å². The number of ether oxygens (including phenoxy) is 1. The molecule has 4 aromatic rings. The van der Waals surface area contributed by atoms with E-state index in [4.69, 9.17) is 9.73 Å². The van der Waals surface area contributed by atoms with Crippen LogP contribution in [0.2, 0.25) is 0 Å². The van der Waals surface area contributed by atoms with E-state index < -0.39 is 11.7 Å². The molecule has 0 saturated heterocycles. The third-order valence-corrected chi connectivity index (χ3v) is 7.83. The van der Waals surface area contributed by atoms with Crippen molar-refractivity contribution in [3.05, 3.63) is 93.4 Å². The van der Waals surface area contributed by atoms with E-state index in [-0.39, 0.29) is 5.91 Å². The molecule has 1 atom stereocenters. The van der Waals surface area contributed by atoms with Crippen LogP contribution in [0.1, 0.15) is 59.0 Å². The fourth-order valence-corrected chi connectivity index (χ4v) is 5.87. The van der Waals surface area contributed by atoms with Crippen molar-refractivity contribution in [3.63, 3.8) is 0 Å². The van der Waals surface area contributed by atoms with Gasteiger partial charge in [0.1, 0.15) is 10.8 Å². The average molecular weight is 528 g/mol. The van der Waals surface area contributed by atoms with Crippen LogP contribution < -0.4 is 5.32 Å². The van der Waals surface area contributed by atoms with Crippen molar-refractivity contribution in [1.29, 1.82) is 0 Å². The third-order valence-electron chi connectivity index (χ3n) is 6.64. The second-order valence-corrected chi connectivity index (χ2v) is 10.7. The number of hydrogen-bond donors (Lipinski definition) is 1. The van der Waals surface area contributed by atoms with E-state index in [1.54, 1.807) is 18.3 Å². The molecule has 1 N–H and O–H groups in total. The minimum atomic E-state index is -1.37. The number of carbonyl (C=O) groups is 2. The highest BCUT2D eigenvalue weighted by Gasteiger charge is 2.41. The predicted octanol–water partition coefficient (Wildman–Crippen LogP) is 5.41. The predicted molar refractivity (Wildman–Crippen MR) is 148 cm³/mol. The average Bonchev–Trinajstić information content (AvgIpc) is 3.38. The highest BCUT2D eigenvalue weighted by molar-refractivity contribution is 7.15. The van der Waals surface area contributed by atoms with Gasteiger partial charge in [-0.2, -0.15) is 0 Å². The molecule has 0 unspecified atom stereocenters. The van der Waals surface area contributed by atoms with Crippen LogP contribution in [-0.2, 0) is 26.5 Å². The van der Waals surface area contributed by atoms with Gasteiger partial charge in [-0.3, -0.25) is 14.2 Å². The third kappa shape index (κ3) is 4.77. The lowest BCUT2D eigenvalue weighted by atomic mass is 9.99. The summed E-state index contributed by atoms with van der Waals surface area (Å²) in [5.41, 5.74) is 4.03. The molecule has 1 amide bonds. The van der Waals surface area contributed by atoms with E-state index in [0.29, 0.717) is 35.9 Å². The van der Waals surface area contributed by atoms with E-state index in [1.165, 1.54) is 6.92 Å². The summed E-state index contributed by atoms with van der Waals surface area (Å²) in [6.07, 6.45) is 1.08. The van der Waals surface area contributed by atoms with Gasteiger partial charge in [0.2, 0.25) is 11.7 Å². The Bertz CT molecular complexity index is 1550. The van der Waals surface area contributed by atoms with Crippen LogP contribution in [0.5, 0.6) is 0 Å². The molecule has 8 nitrogen and oxygen atoms in total. The van der Waals surface area contributed by atoms with Crippen molar-refractivity contribution in [1.82, 2.24) is 14.8 Å². The van der Waals surface area contributed by atoms with Gasteiger partial charge in [-0.15, -0.1) is 21.5 Å². The Kier molecular flexibility index (Phi) is 6.71. The van der Waals surface area contributed by atoms with Crippen molar-refractivity contribution >= 4 is 34.6 Å². The van der Waals surface area contributed by atoms with E-state index in [2.05, 4.69) is 29.4 Å². The van der Waals surface area contributed by atoms with Crippen LogP contribution in [0.15, 0.2) is 59.6 Å². The molecule has 0 radical (unpaired) electrons. The molecular formula is C29H29N5O3S. The van der Waals surface area contributed by atoms with Crippen molar-refractivity contribution in [3.8, 4) is 5.00 Å². The molecule has 0 aliphatic carbocycles. The topological polar surface area (TPSA) is 98.5 Å². The second kappa shape index (κ2) is 9.98. The first kappa shape index (κ1) is 25.5. The van der Waals surface area contributed by atoms with Crippen LogP contribution in [0.25, 0.3) is 5.00 Å². The molecule has 3 heterocycles. The number of fused-ring (bicyclic) bond motifs is 3. The zero-order chi connectivity index (χ0) is 27.0. The van der Waals surface area contributed by atoms with Gasteiger partial charge < -0.3 is 10.1 Å². The highest BCUT2D eigenvalue weighted by Crippen LogP contribution is 2.41. The van der Waals surface area contributed by atoms with Gasteiger partial charge in [0, 0.05) is 42.0 Å². The standard InChI is InChI=1S/C29H29N5O3S/c1-17-18(2)38-27-25(17)26(31-29(5,37-20(4)35)28-33-32-19(3)34(27)28)22-12-14-23(15-13-22)30-24(36)16-11-21-9-7-6-8-10-21/h6-10,12-15H,11,16H2,1-5H3,(H,30,36)/t29-/m0/s1. The smallest absolute Gasteiger partial charge is 0.305 e. The summed E-state index contributed by atoms with van der Waals surface area (Å²) in [4.78, 5) is 30.8. The van der Waals surface area contributed by atoms with Gasteiger partial charge in [-0.05, 0) is 50.5 Å². The van der Waals surface area contributed by atoms with E-state index in [9.17, 15) is 9.59 Å². The lowest BCUT2D eigenvalue weighted by Crippen LogP contribution is -2.30. The fourth-order valence-electron chi connectivity index (χ4n) is 4.67. The molecule has 5 rings (SSSR count). The molecule has 2 aromatic heterocycles. The highest BCUT2D eigenvalue weighted by atomic mass is 32.1. The number of thiophene rings is 1. The summed E-state index contributed by atoms with van der Waals surface area (Å²) >= 11 is 1.63. The summed E-state index contributed by atoms with van der Waals surface area (Å²) in [6, 6.07) is 17.5. The Balaban J connectivity index is 1.49. The summed E-state index contributed by atoms with van der Waals surface area (Å²) in [6.45, 7) is 9.10. The van der Waals surface area contributed by atoms with Crippen LogP contribution in [-0.4, -0.2) is 32.4 Å². The number of nitrogens with one attached hydrogen (secondary N) is 1. The normalized spacial score (nSPS) is 16.2. The molecule has 2 aromatic carbocycles. The maximum absolute atomic E-state index is 12.5. The Morgan fingerprint density at radius 1 is 1.03 bits per heavy atom. The Hall–Kier alpha value is -4.11. The summed E-state index contributed by atoms with van der Waals surface area (Å²) in [5, 5.41) is 12.5. The first-order valence-electron chi connectivity index (χ1n) is 12.4. The summed E-state index contributed by atoms with van der Waals surface area (Å²) < 4.78 is 7.69. The SMILES string of the molecule is CC(=O)O[C@]1(C)N=C(c2ccc(NC(=O)CCc3ccccc3)cc2)c2c(sc(C)c2C)-n2c(C)nnc21. The number of aromatic nitrogens is 3. The Morgan fingerprint density at radius 3 is 2.42 bits per heavy atom. The van der Waals surface area contributed by atoms with Gasteiger partial charge in [-0.25, -0.2) is 4.99 Å². The van der Waals surface area contributed by atoms with Crippen LogP contribution >= 0.6 is 11.3 Å². The van der Waals surface area contributed by atoms with Crippen LogP contribution in [0.4, 0.5) is 5.69 Å². The van der Waals surface area contributed by atoms with Crippen molar-refractivity contribution in [2.45, 2.75) is 53.2 Å². The quantitative estimate of drug-likeness (QED) is 0.338. The number of nitrogens with zero attached hydrogens (tertiary/aromatic N) is 4. The van der Waals surface area contributed by atoms with Crippen molar-refractivity contribution in [2.75, 3.05) is 5.32 Å². The Morgan fingerprint density at radius 2 is 1.74 bits per heavy atom. The molecule has 194 valence electrons. The first-order valence-corrected chi connectivity index (χ1v) is 13.2. The molecular weight excluding hydrogens is 498 g/mol. The summed E-state index contributed by atoms with van der Waals surface area (Å²) in [7, 11) is 0. The van der Waals surface area contributed by atoms with Crippen molar-refractivity contribution in [2.24, 2.45) is 4.99 Å². The molecule has 38 heavy (non-hydrogen) atoms. The number of carbonyl (C=O) groups excluding carboxylic acids is 2. The lowest BCUT2D eigenvalue weighted by molar-refractivity contribution is -0.156. The molecule has 9 heteroatoms. The number of benzene rings is 2. The van der Waals surface area contributed by atoms with E-state index >= 15 is 0 Å². The molecule has 0 spiro atoms. The molecule has 0 fully saturated rings. The number of esters is 1. The Labute approximate surface area is 225 Å². The zero-order valence-electron chi connectivity index (χ0n) is 22.0.